The first-order valence-electron chi connectivity index (χ1n) is 10.8. The number of fused-ring (bicyclic) bond motifs is 3. The molecule has 0 unspecified atom stereocenters. The van der Waals surface area contributed by atoms with Crippen LogP contribution in [0.3, 0.4) is 0 Å². The molecule has 1 saturated heterocycles. The molecular formula is C24H26N4O3S. The number of amides is 1. The molecule has 8 heteroatoms. The van der Waals surface area contributed by atoms with Gasteiger partial charge in [0.25, 0.3) is 5.91 Å². The van der Waals surface area contributed by atoms with Crippen molar-refractivity contribution in [2.75, 3.05) is 51.9 Å². The number of nitrogens with zero attached hydrogens (tertiary/aromatic N) is 3. The summed E-state index contributed by atoms with van der Waals surface area (Å²) in [6, 6.07) is 16.4. The van der Waals surface area contributed by atoms with E-state index in [1.807, 2.05) is 39.9 Å². The molecule has 1 amide bonds. The third-order valence-electron chi connectivity index (χ3n) is 5.73. The fraction of sp³-hybridized carbons (Fsp3) is 0.333. The summed E-state index contributed by atoms with van der Waals surface area (Å²) in [4.78, 5) is 16.5. The van der Waals surface area contributed by atoms with Crippen molar-refractivity contribution in [3.63, 3.8) is 0 Å². The smallest absolute Gasteiger partial charge is 0.274 e. The molecule has 2 aliphatic rings. The van der Waals surface area contributed by atoms with E-state index in [0.717, 1.165) is 40.5 Å². The second-order valence-electron chi connectivity index (χ2n) is 7.75. The lowest BCUT2D eigenvalue weighted by Gasteiger charge is -2.26. The van der Waals surface area contributed by atoms with Crippen molar-refractivity contribution in [1.29, 1.82) is 0 Å². The van der Waals surface area contributed by atoms with E-state index in [2.05, 4.69) is 23.5 Å². The number of benzene rings is 2. The first-order valence-corrected chi connectivity index (χ1v) is 11.8. The summed E-state index contributed by atoms with van der Waals surface area (Å²) >= 11 is 1.75. The van der Waals surface area contributed by atoms with Gasteiger partial charge in [0.2, 0.25) is 0 Å². The first kappa shape index (κ1) is 21.1. The largest absolute Gasteiger partial charge is 0.383 e. The van der Waals surface area contributed by atoms with Crippen LogP contribution in [0.25, 0.3) is 16.9 Å². The second-order valence-corrected chi connectivity index (χ2v) is 8.76. The van der Waals surface area contributed by atoms with Crippen molar-refractivity contribution >= 4 is 23.4 Å². The highest BCUT2D eigenvalue weighted by Crippen LogP contribution is 2.45. The summed E-state index contributed by atoms with van der Waals surface area (Å²) in [5.74, 6) is 0.703. The molecule has 3 heterocycles. The molecule has 3 aromatic rings. The number of hydrogen-bond acceptors (Lipinski definition) is 6. The van der Waals surface area contributed by atoms with Gasteiger partial charge in [0.15, 0.2) is 5.69 Å². The van der Waals surface area contributed by atoms with Gasteiger partial charge in [0, 0.05) is 54.2 Å². The van der Waals surface area contributed by atoms with Gasteiger partial charge < -0.3 is 19.7 Å². The van der Waals surface area contributed by atoms with Gasteiger partial charge in [-0.2, -0.15) is 5.10 Å². The monoisotopic (exact) mass is 450 g/mol. The highest BCUT2D eigenvalue weighted by Gasteiger charge is 2.32. The van der Waals surface area contributed by atoms with E-state index in [0.29, 0.717) is 38.6 Å². The number of morpholine rings is 1. The van der Waals surface area contributed by atoms with Crippen molar-refractivity contribution < 1.29 is 14.3 Å². The minimum Gasteiger partial charge on any atom is -0.383 e. The van der Waals surface area contributed by atoms with Crippen LogP contribution in [0.5, 0.6) is 0 Å². The Morgan fingerprint density at radius 1 is 1.19 bits per heavy atom. The predicted octanol–water partition coefficient (Wildman–Crippen LogP) is 3.68. The van der Waals surface area contributed by atoms with Crippen molar-refractivity contribution in [3.05, 3.63) is 59.8 Å². The summed E-state index contributed by atoms with van der Waals surface area (Å²) in [5, 5.41) is 8.29. The highest BCUT2D eigenvalue weighted by molar-refractivity contribution is 7.98. The van der Waals surface area contributed by atoms with E-state index in [4.69, 9.17) is 14.6 Å². The molecule has 2 aliphatic heterocycles. The Kier molecular flexibility index (Phi) is 6.16. The zero-order chi connectivity index (χ0) is 21.9. The molecule has 0 atom stereocenters. The number of ether oxygens (including phenoxy) is 2. The normalized spacial score (nSPS) is 15.2. The van der Waals surface area contributed by atoms with E-state index in [1.54, 1.807) is 18.9 Å². The van der Waals surface area contributed by atoms with Crippen molar-refractivity contribution in [3.8, 4) is 16.9 Å². The van der Waals surface area contributed by atoms with Crippen LogP contribution in [0.15, 0.2) is 53.4 Å². The number of rotatable bonds is 6. The summed E-state index contributed by atoms with van der Waals surface area (Å²) < 4.78 is 12.5. The number of nitrogens with one attached hydrogen (secondary N) is 1. The molecule has 0 bridgehead atoms. The number of carbonyl (C=O) groups excluding carboxylic acids is 1. The number of aromatic nitrogens is 2. The second kappa shape index (κ2) is 9.36. The molecule has 1 fully saturated rings. The molecule has 0 spiro atoms. The van der Waals surface area contributed by atoms with Crippen LogP contribution in [0.1, 0.15) is 16.1 Å². The minimum atomic E-state index is -0.0161. The molecule has 1 aromatic heterocycles. The van der Waals surface area contributed by atoms with Crippen LogP contribution in [0.4, 0.5) is 5.69 Å². The maximum absolute atomic E-state index is 13.4. The van der Waals surface area contributed by atoms with E-state index in [1.165, 1.54) is 4.90 Å². The zero-order valence-corrected chi connectivity index (χ0v) is 18.9. The fourth-order valence-electron chi connectivity index (χ4n) is 4.11. The molecule has 5 rings (SSSR count). The van der Waals surface area contributed by atoms with Crippen molar-refractivity contribution in [2.24, 2.45) is 0 Å². The van der Waals surface area contributed by atoms with Crippen molar-refractivity contribution in [1.82, 2.24) is 14.7 Å². The van der Waals surface area contributed by atoms with Gasteiger partial charge in [-0.3, -0.25) is 4.79 Å². The lowest BCUT2D eigenvalue weighted by Crippen LogP contribution is -2.41. The van der Waals surface area contributed by atoms with Gasteiger partial charge in [-0.05, 0) is 30.3 Å². The van der Waals surface area contributed by atoms with Gasteiger partial charge in [-0.15, -0.1) is 11.8 Å². The summed E-state index contributed by atoms with van der Waals surface area (Å²) in [6.45, 7) is 3.71. The number of anilines is 1. The molecule has 32 heavy (non-hydrogen) atoms. The van der Waals surface area contributed by atoms with E-state index in [9.17, 15) is 4.79 Å². The van der Waals surface area contributed by atoms with Crippen LogP contribution in [-0.4, -0.2) is 67.2 Å². The molecule has 0 radical (unpaired) electrons. The Balaban J connectivity index is 1.61. The highest BCUT2D eigenvalue weighted by atomic mass is 32.2. The topological polar surface area (TPSA) is 68.6 Å². The zero-order valence-electron chi connectivity index (χ0n) is 18.0. The van der Waals surface area contributed by atoms with Crippen LogP contribution >= 0.6 is 11.8 Å². The quantitative estimate of drug-likeness (QED) is 0.578. The third kappa shape index (κ3) is 4.01. The third-order valence-corrected chi connectivity index (χ3v) is 6.83. The van der Waals surface area contributed by atoms with Crippen LogP contribution < -0.4 is 5.32 Å². The van der Waals surface area contributed by atoms with E-state index in [-0.39, 0.29) is 5.91 Å². The lowest BCUT2D eigenvalue weighted by molar-refractivity contribution is 0.0298. The van der Waals surface area contributed by atoms with Crippen molar-refractivity contribution in [2.45, 2.75) is 10.6 Å². The van der Waals surface area contributed by atoms with Gasteiger partial charge in [0.05, 0.1) is 31.2 Å². The van der Waals surface area contributed by atoms with Crippen LogP contribution in [0.2, 0.25) is 0 Å². The Hall–Kier alpha value is -2.81. The lowest BCUT2D eigenvalue weighted by atomic mass is 10.0. The van der Waals surface area contributed by atoms with Gasteiger partial charge in [0.1, 0.15) is 0 Å². The molecule has 7 nitrogen and oxygen atoms in total. The van der Waals surface area contributed by atoms with E-state index < -0.39 is 0 Å². The molecule has 0 aliphatic carbocycles. The Labute approximate surface area is 191 Å². The van der Waals surface area contributed by atoms with E-state index >= 15 is 0 Å². The van der Waals surface area contributed by atoms with Gasteiger partial charge in [-0.1, -0.05) is 18.2 Å². The SMILES string of the molecule is COCCNc1ccc2c(c1)-c1c(c(C(=O)N3CCOCC3)nn1-c1ccccc1)CS2. The average Bonchev–Trinajstić information content (AvgIpc) is 3.25. The number of thioether (sulfide) groups is 1. The fourth-order valence-corrected chi connectivity index (χ4v) is 5.15. The molecule has 1 N–H and O–H groups in total. The summed E-state index contributed by atoms with van der Waals surface area (Å²) in [5.41, 5.74) is 5.60. The predicted molar refractivity (Wildman–Crippen MR) is 126 cm³/mol. The summed E-state index contributed by atoms with van der Waals surface area (Å²) in [7, 11) is 1.70. The number of carbonyl (C=O) groups is 1. The maximum atomic E-state index is 13.4. The number of methoxy groups -OCH3 is 1. The van der Waals surface area contributed by atoms with Gasteiger partial charge in [-0.25, -0.2) is 4.68 Å². The van der Waals surface area contributed by atoms with Gasteiger partial charge >= 0.3 is 0 Å². The Bertz CT molecular complexity index is 1110. The Morgan fingerprint density at radius 3 is 2.78 bits per heavy atom. The number of para-hydroxylation sites is 1. The molecular weight excluding hydrogens is 424 g/mol. The average molecular weight is 451 g/mol. The van der Waals surface area contributed by atoms with Crippen LogP contribution in [-0.2, 0) is 15.2 Å². The first-order chi connectivity index (χ1) is 15.8. The molecule has 2 aromatic carbocycles. The summed E-state index contributed by atoms with van der Waals surface area (Å²) in [6.07, 6.45) is 0. The minimum absolute atomic E-state index is 0.0161. The van der Waals surface area contributed by atoms with Crippen LogP contribution in [0, 0.1) is 0 Å². The molecule has 0 saturated carbocycles. The maximum Gasteiger partial charge on any atom is 0.274 e. The Morgan fingerprint density at radius 2 is 2.00 bits per heavy atom. The molecule has 166 valence electrons. The standard InChI is InChI=1S/C24H26N4O3S/c1-30-12-9-25-17-7-8-21-19(15-17)23-20(16-32-21)22(24(29)27-10-13-31-14-11-27)26-28(23)18-5-3-2-4-6-18/h2-8,15,25H,9-14,16H2,1H3. The number of hydrogen-bond donors (Lipinski definition) is 1.